The highest BCUT2D eigenvalue weighted by molar-refractivity contribution is 5.92. The molecule has 0 spiro atoms. The molecule has 202 valence electrons. The van der Waals surface area contributed by atoms with Crippen molar-refractivity contribution in [3.8, 4) is 11.1 Å². The monoisotopic (exact) mass is 523 g/mol. The highest BCUT2D eigenvalue weighted by atomic mass is 16.7. The van der Waals surface area contributed by atoms with Gasteiger partial charge in [-0.3, -0.25) is 4.79 Å². The van der Waals surface area contributed by atoms with Crippen LogP contribution in [0.1, 0.15) is 72.3 Å². The van der Waals surface area contributed by atoms with E-state index in [0.717, 1.165) is 43.5 Å². The summed E-state index contributed by atoms with van der Waals surface area (Å²) in [5, 5.41) is 9.35. The fourth-order valence-corrected chi connectivity index (χ4v) is 6.19. The normalized spacial score (nSPS) is 20.7. The minimum atomic E-state index is -0.522. The SMILES string of the molecule is O=C(C1=C[C@@H](c2cccc3c2Cc2ccccc2-3)C[C@@H](OCc2ccc(CO)cc2)O1)N1CCCCCCC1. The highest BCUT2D eigenvalue weighted by Crippen LogP contribution is 2.43. The maximum absolute atomic E-state index is 13.8. The van der Waals surface area contributed by atoms with Gasteiger partial charge in [-0.25, -0.2) is 0 Å². The van der Waals surface area contributed by atoms with Crippen LogP contribution in [-0.2, 0) is 33.9 Å². The Hall–Kier alpha value is -3.41. The van der Waals surface area contributed by atoms with Crippen molar-refractivity contribution >= 4 is 5.91 Å². The van der Waals surface area contributed by atoms with Gasteiger partial charge in [-0.05, 0) is 64.3 Å². The van der Waals surface area contributed by atoms with E-state index < -0.39 is 6.29 Å². The number of allylic oxidation sites excluding steroid dienone is 1. The molecule has 3 aromatic carbocycles. The number of hydrogen-bond acceptors (Lipinski definition) is 4. The molecule has 1 fully saturated rings. The zero-order valence-corrected chi connectivity index (χ0v) is 22.5. The largest absolute Gasteiger partial charge is 0.459 e. The first kappa shape index (κ1) is 25.8. The van der Waals surface area contributed by atoms with E-state index >= 15 is 0 Å². The van der Waals surface area contributed by atoms with E-state index in [9.17, 15) is 9.90 Å². The van der Waals surface area contributed by atoms with Crippen molar-refractivity contribution in [3.05, 3.63) is 106 Å². The number of hydrogen-bond donors (Lipinski definition) is 1. The lowest BCUT2D eigenvalue weighted by molar-refractivity contribution is -0.156. The molecule has 39 heavy (non-hydrogen) atoms. The topological polar surface area (TPSA) is 59.0 Å². The number of aliphatic hydroxyl groups is 1. The average Bonchev–Trinajstić information content (AvgIpc) is 3.35. The summed E-state index contributed by atoms with van der Waals surface area (Å²) in [6.45, 7) is 1.96. The number of likely N-dealkylation sites (tertiary alicyclic amines) is 1. The summed E-state index contributed by atoms with van der Waals surface area (Å²) in [4.78, 5) is 15.7. The van der Waals surface area contributed by atoms with Crippen molar-refractivity contribution in [2.75, 3.05) is 13.1 Å². The first-order chi connectivity index (χ1) is 19.2. The van der Waals surface area contributed by atoms with Gasteiger partial charge in [-0.15, -0.1) is 0 Å². The van der Waals surface area contributed by atoms with Gasteiger partial charge >= 0.3 is 0 Å². The van der Waals surface area contributed by atoms with Crippen LogP contribution in [0.2, 0.25) is 0 Å². The van der Waals surface area contributed by atoms with Gasteiger partial charge in [0.05, 0.1) is 13.2 Å². The summed E-state index contributed by atoms with van der Waals surface area (Å²) < 4.78 is 12.6. The smallest absolute Gasteiger partial charge is 0.288 e. The van der Waals surface area contributed by atoms with Crippen LogP contribution in [0.3, 0.4) is 0 Å². The number of rotatable bonds is 6. The first-order valence-corrected chi connectivity index (χ1v) is 14.4. The number of fused-ring (bicyclic) bond motifs is 3. The van der Waals surface area contributed by atoms with E-state index in [2.05, 4.69) is 48.5 Å². The number of aliphatic hydroxyl groups excluding tert-OH is 1. The Bertz CT molecular complexity index is 1340. The molecular weight excluding hydrogens is 486 g/mol. The zero-order valence-electron chi connectivity index (χ0n) is 22.5. The maximum Gasteiger partial charge on any atom is 0.288 e. The van der Waals surface area contributed by atoms with Crippen LogP contribution in [0.15, 0.2) is 78.6 Å². The molecule has 1 N–H and O–H groups in total. The first-order valence-electron chi connectivity index (χ1n) is 14.4. The Morgan fingerprint density at radius 3 is 2.38 bits per heavy atom. The molecule has 6 rings (SSSR count). The van der Waals surface area contributed by atoms with Gasteiger partial charge in [-0.2, -0.15) is 0 Å². The van der Waals surface area contributed by atoms with Crippen LogP contribution in [0.4, 0.5) is 0 Å². The molecule has 0 aromatic heterocycles. The van der Waals surface area contributed by atoms with E-state index in [0.29, 0.717) is 18.8 Å². The Labute approximate surface area is 231 Å². The fourth-order valence-electron chi connectivity index (χ4n) is 6.19. The molecule has 2 heterocycles. The summed E-state index contributed by atoms with van der Waals surface area (Å²) >= 11 is 0. The van der Waals surface area contributed by atoms with Crippen molar-refractivity contribution in [1.29, 1.82) is 0 Å². The molecule has 3 aromatic rings. The molecule has 1 aliphatic carbocycles. The number of ether oxygens (including phenoxy) is 2. The molecule has 5 heteroatoms. The Balaban J connectivity index is 1.28. The van der Waals surface area contributed by atoms with Crippen LogP contribution in [0.25, 0.3) is 11.1 Å². The fraction of sp³-hybridized carbons (Fsp3) is 0.382. The minimum Gasteiger partial charge on any atom is -0.459 e. The molecule has 2 atom stereocenters. The van der Waals surface area contributed by atoms with E-state index in [-0.39, 0.29) is 18.4 Å². The molecule has 1 amide bonds. The second-order valence-corrected chi connectivity index (χ2v) is 11.0. The molecule has 2 aliphatic heterocycles. The van der Waals surface area contributed by atoms with Crippen molar-refractivity contribution in [2.24, 2.45) is 0 Å². The number of amides is 1. The lowest BCUT2D eigenvalue weighted by Crippen LogP contribution is -2.38. The van der Waals surface area contributed by atoms with Gasteiger partial charge < -0.3 is 19.5 Å². The van der Waals surface area contributed by atoms with E-state index in [1.54, 1.807) is 0 Å². The summed E-state index contributed by atoms with van der Waals surface area (Å²) in [5.74, 6) is 0.428. The third kappa shape index (κ3) is 5.66. The van der Waals surface area contributed by atoms with Gasteiger partial charge in [0.25, 0.3) is 5.91 Å². The van der Waals surface area contributed by atoms with Crippen molar-refractivity contribution < 1.29 is 19.4 Å². The Morgan fingerprint density at radius 2 is 1.59 bits per heavy atom. The third-order valence-corrected chi connectivity index (χ3v) is 8.34. The zero-order chi connectivity index (χ0) is 26.6. The molecule has 5 nitrogen and oxygen atoms in total. The van der Waals surface area contributed by atoms with Crippen LogP contribution in [-0.4, -0.2) is 35.3 Å². The highest BCUT2D eigenvalue weighted by Gasteiger charge is 2.33. The summed E-state index contributed by atoms with van der Waals surface area (Å²) in [6, 6.07) is 22.9. The van der Waals surface area contributed by atoms with E-state index in [4.69, 9.17) is 9.47 Å². The summed E-state index contributed by atoms with van der Waals surface area (Å²) in [5.41, 5.74) is 8.43. The van der Waals surface area contributed by atoms with Crippen molar-refractivity contribution in [2.45, 2.75) is 70.4 Å². The molecular formula is C34H37NO4. The lowest BCUT2D eigenvalue weighted by Gasteiger charge is -2.33. The molecule has 0 bridgehead atoms. The predicted molar refractivity (Wildman–Crippen MR) is 152 cm³/mol. The molecule has 0 saturated carbocycles. The quantitative estimate of drug-likeness (QED) is 0.315. The van der Waals surface area contributed by atoms with Crippen molar-refractivity contribution in [1.82, 2.24) is 4.90 Å². The summed E-state index contributed by atoms with van der Waals surface area (Å²) in [7, 11) is 0. The number of benzene rings is 3. The van der Waals surface area contributed by atoms with Gasteiger partial charge in [0, 0.05) is 25.4 Å². The van der Waals surface area contributed by atoms with Gasteiger partial charge in [0.1, 0.15) is 0 Å². The predicted octanol–water partition coefficient (Wildman–Crippen LogP) is 6.47. The number of nitrogens with zero attached hydrogens (tertiary/aromatic N) is 1. The average molecular weight is 524 g/mol. The Morgan fingerprint density at radius 1 is 0.872 bits per heavy atom. The molecule has 1 saturated heterocycles. The van der Waals surface area contributed by atoms with Crippen molar-refractivity contribution in [3.63, 3.8) is 0 Å². The van der Waals surface area contributed by atoms with Gasteiger partial charge in [-0.1, -0.05) is 86.0 Å². The minimum absolute atomic E-state index is 0.0154. The number of carbonyl (C=O) groups is 1. The second-order valence-electron chi connectivity index (χ2n) is 11.0. The van der Waals surface area contributed by atoms with Gasteiger partial charge in [0.2, 0.25) is 6.29 Å². The Kier molecular flexibility index (Phi) is 7.80. The van der Waals surface area contributed by atoms with E-state index in [1.165, 1.54) is 47.1 Å². The van der Waals surface area contributed by atoms with Gasteiger partial charge in [0.15, 0.2) is 5.76 Å². The van der Waals surface area contributed by atoms with Crippen LogP contribution < -0.4 is 0 Å². The third-order valence-electron chi connectivity index (χ3n) is 8.34. The van der Waals surface area contributed by atoms with Crippen LogP contribution >= 0.6 is 0 Å². The molecule has 0 unspecified atom stereocenters. The lowest BCUT2D eigenvalue weighted by atomic mass is 9.87. The van der Waals surface area contributed by atoms with Crippen LogP contribution in [0.5, 0.6) is 0 Å². The standard InChI is InChI=1S/C34H37NO4/c36-22-24-13-15-25(16-14-24)23-38-33-21-27(20-32(39-33)34(37)35-17-6-2-1-3-7-18-35)29-11-8-12-30-28-10-5-4-9-26(28)19-31(29)30/h4-5,8-16,20,27,33,36H,1-3,6-7,17-19,21-23H2/t27-,33+/m1/s1. The van der Waals surface area contributed by atoms with Crippen LogP contribution in [0, 0.1) is 0 Å². The molecule has 3 aliphatic rings. The maximum atomic E-state index is 13.8. The molecule has 0 radical (unpaired) electrons. The second kappa shape index (κ2) is 11.8. The summed E-state index contributed by atoms with van der Waals surface area (Å²) in [6.07, 6.45) is 8.76. The van der Waals surface area contributed by atoms with E-state index in [1.807, 2.05) is 29.2 Å². The number of carbonyl (C=O) groups excluding carboxylic acids is 1.